The van der Waals surface area contributed by atoms with E-state index in [1.807, 2.05) is 0 Å². The molecule has 0 aromatic carbocycles. The van der Waals surface area contributed by atoms with Gasteiger partial charge >= 0.3 is 11.9 Å². The monoisotopic (exact) mass is 624 g/mol. The lowest BCUT2D eigenvalue weighted by atomic mass is 9.49. The number of hydrogen-bond acceptors (Lipinski definition) is 6. The molecule has 6 nitrogen and oxygen atoms in total. The SMILES string of the molecule is CC1CC2CC(C1)CC(C)(C(=O)OCC1(COC(=O)C34CC5CC(CC(C5)C3)C4)COC3(OC1)C(C)CC1CC(C)CC3C1)C2. The average molecular weight is 625 g/mol. The molecule has 45 heavy (non-hydrogen) atoms. The highest BCUT2D eigenvalue weighted by Gasteiger charge is 2.59. The van der Waals surface area contributed by atoms with Crippen LogP contribution in [0.4, 0.5) is 0 Å². The fraction of sp³-hybridized carbons (Fsp3) is 0.949. The fourth-order valence-corrected chi connectivity index (χ4v) is 13.6. The highest BCUT2D eigenvalue weighted by molar-refractivity contribution is 5.78. The van der Waals surface area contributed by atoms with E-state index >= 15 is 0 Å². The molecule has 1 aliphatic heterocycles. The van der Waals surface area contributed by atoms with Crippen LogP contribution in [-0.4, -0.2) is 44.2 Å². The van der Waals surface area contributed by atoms with Gasteiger partial charge in [0, 0.05) is 11.8 Å². The number of ether oxygens (including phenoxy) is 4. The second kappa shape index (κ2) is 11.2. The van der Waals surface area contributed by atoms with Crippen LogP contribution in [0, 0.1) is 75.4 Å². The van der Waals surface area contributed by atoms with E-state index in [0.29, 0.717) is 60.6 Å². The predicted molar refractivity (Wildman–Crippen MR) is 171 cm³/mol. The fourth-order valence-electron chi connectivity index (χ4n) is 13.6. The summed E-state index contributed by atoms with van der Waals surface area (Å²) in [7, 11) is 0. The molecule has 0 radical (unpaired) electrons. The summed E-state index contributed by atoms with van der Waals surface area (Å²) in [5.41, 5.74) is -1.42. The number of carbonyl (C=O) groups excluding carboxylic acids is 2. The maximum Gasteiger partial charge on any atom is 0.312 e. The third kappa shape index (κ3) is 5.52. The Morgan fingerprint density at radius 3 is 1.67 bits per heavy atom. The first-order valence-corrected chi connectivity index (χ1v) is 19.1. The van der Waals surface area contributed by atoms with Gasteiger partial charge in [0.15, 0.2) is 5.79 Å². The van der Waals surface area contributed by atoms with Crippen molar-refractivity contribution in [3.63, 3.8) is 0 Å². The Balaban J connectivity index is 0.983. The first kappa shape index (κ1) is 31.1. The Labute approximate surface area is 271 Å². The molecule has 1 heterocycles. The van der Waals surface area contributed by atoms with Crippen molar-refractivity contribution in [1.82, 2.24) is 0 Å². The molecule has 0 aromatic heterocycles. The predicted octanol–water partition coefficient (Wildman–Crippen LogP) is 7.96. The van der Waals surface area contributed by atoms with Gasteiger partial charge in [-0.05, 0) is 151 Å². The largest absolute Gasteiger partial charge is 0.464 e. The van der Waals surface area contributed by atoms with Crippen molar-refractivity contribution in [2.24, 2.45) is 75.4 Å². The van der Waals surface area contributed by atoms with Gasteiger partial charge in [0.1, 0.15) is 13.2 Å². The number of hydrogen-bond donors (Lipinski definition) is 0. The number of rotatable bonds is 6. The lowest BCUT2D eigenvalue weighted by Gasteiger charge is -2.57. The summed E-state index contributed by atoms with van der Waals surface area (Å²) in [6.07, 6.45) is 17.2. The minimum absolute atomic E-state index is 0.0104. The lowest BCUT2D eigenvalue weighted by molar-refractivity contribution is -0.370. The molecule has 1 spiro atoms. The van der Waals surface area contributed by atoms with Gasteiger partial charge in [-0.1, -0.05) is 20.8 Å². The van der Waals surface area contributed by atoms with Crippen molar-refractivity contribution in [3.8, 4) is 0 Å². The Kier molecular flexibility index (Phi) is 7.76. The molecule has 6 unspecified atom stereocenters. The van der Waals surface area contributed by atoms with E-state index in [4.69, 9.17) is 18.9 Å². The van der Waals surface area contributed by atoms with Gasteiger partial charge in [-0.3, -0.25) is 9.59 Å². The molecule has 0 aromatic rings. The van der Waals surface area contributed by atoms with Crippen molar-refractivity contribution in [2.45, 2.75) is 130 Å². The molecule has 252 valence electrons. The molecular formula is C39H60O6. The molecule has 0 amide bonds. The van der Waals surface area contributed by atoms with Gasteiger partial charge in [0.05, 0.1) is 29.5 Å². The zero-order valence-electron chi connectivity index (χ0n) is 28.7. The second-order valence-corrected chi connectivity index (χ2v) is 19.2. The molecule has 8 aliphatic carbocycles. The molecule has 6 atom stereocenters. The van der Waals surface area contributed by atoms with Crippen LogP contribution in [-0.2, 0) is 28.5 Å². The lowest BCUT2D eigenvalue weighted by Crippen LogP contribution is -2.62. The minimum Gasteiger partial charge on any atom is -0.464 e. The summed E-state index contributed by atoms with van der Waals surface area (Å²) in [5, 5.41) is 0. The van der Waals surface area contributed by atoms with Crippen LogP contribution in [0.15, 0.2) is 0 Å². The van der Waals surface area contributed by atoms with E-state index in [2.05, 4.69) is 27.7 Å². The number of carbonyl (C=O) groups is 2. The standard InChI is InChI=1S/C39H60O6/c1-24-6-28-10-29(7-24)16-36(4,15-28)34(40)42-20-37(21-43-35(41)38-17-30-11-31(18-38)13-32(12-30)19-38)22-44-39(45-23-37)26(3)9-27-5-25(2)8-33(39)14-27/h24-33H,5-23H2,1-4H3. The third-order valence-corrected chi connectivity index (χ3v) is 14.8. The quantitative estimate of drug-likeness (QED) is 0.279. The number of esters is 2. The highest BCUT2D eigenvalue weighted by atomic mass is 16.7. The molecule has 9 fully saturated rings. The van der Waals surface area contributed by atoms with E-state index in [0.717, 1.165) is 56.8 Å². The molecule has 8 bridgehead atoms. The molecule has 0 N–H and O–H groups in total. The van der Waals surface area contributed by atoms with Gasteiger partial charge < -0.3 is 18.9 Å². The topological polar surface area (TPSA) is 71.1 Å². The third-order valence-electron chi connectivity index (χ3n) is 14.8. The van der Waals surface area contributed by atoms with Crippen molar-refractivity contribution >= 4 is 11.9 Å². The van der Waals surface area contributed by atoms with Crippen molar-refractivity contribution in [2.75, 3.05) is 26.4 Å². The van der Waals surface area contributed by atoms with E-state index in [-0.39, 0.29) is 30.6 Å². The van der Waals surface area contributed by atoms with Crippen molar-refractivity contribution in [1.29, 1.82) is 0 Å². The van der Waals surface area contributed by atoms with E-state index < -0.39 is 16.6 Å². The summed E-state index contributed by atoms with van der Waals surface area (Å²) < 4.78 is 26.5. The summed E-state index contributed by atoms with van der Waals surface area (Å²) in [6.45, 7) is 10.4. The second-order valence-electron chi connectivity index (χ2n) is 19.2. The van der Waals surface area contributed by atoms with Crippen LogP contribution in [0.5, 0.6) is 0 Å². The molecule has 6 heteroatoms. The smallest absolute Gasteiger partial charge is 0.312 e. The van der Waals surface area contributed by atoms with E-state index in [9.17, 15) is 9.59 Å². The van der Waals surface area contributed by atoms with E-state index in [1.54, 1.807) is 0 Å². The Hall–Kier alpha value is -1.14. The summed E-state index contributed by atoms with van der Waals surface area (Å²) in [4.78, 5) is 27.9. The highest BCUT2D eigenvalue weighted by Crippen LogP contribution is 2.61. The normalized spacial score (nSPS) is 53.2. The Morgan fingerprint density at radius 1 is 0.600 bits per heavy atom. The van der Waals surface area contributed by atoms with Crippen LogP contribution in [0.2, 0.25) is 0 Å². The van der Waals surface area contributed by atoms with Gasteiger partial charge in [-0.25, -0.2) is 0 Å². The van der Waals surface area contributed by atoms with Crippen LogP contribution in [0.3, 0.4) is 0 Å². The molecular weight excluding hydrogens is 564 g/mol. The molecule has 9 aliphatic rings. The van der Waals surface area contributed by atoms with Crippen LogP contribution in [0.1, 0.15) is 124 Å². The van der Waals surface area contributed by atoms with Crippen LogP contribution >= 0.6 is 0 Å². The molecule has 8 saturated carbocycles. The Morgan fingerprint density at radius 2 is 1.09 bits per heavy atom. The molecule has 1 saturated heterocycles. The Bertz CT molecular complexity index is 1090. The maximum absolute atomic E-state index is 14.0. The average Bonchev–Trinajstić information content (AvgIpc) is 2.97. The van der Waals surface area contributed by atoms with Gasteiger partial charge in [0.2, 0.25) is 0 Å². The first-order chi connectivity index (χ1) is 21.5. The maximum atomic E-state index is 14.0. The van der Waals surface area contributed by atoms with Crippen LogP contribution < -0.4 is 0 Å². The van der Waals surface area contributed by atoms with Crippen molar-refractivity contribution in [3.05, 3.63) is 0 Å². The van der Waals surface area contributed by atoms with E-state index in [1.165, 1.54) is 51.4 Å². The minimum atomic E-state index is -0.675. The summed E-state index contributed by atoms with van der Waals surface area (Å²) >= 11 is 0. The van der Waals surface area contributed by atoms with Gasteiger partial charge in [0.25, 0.3) is 0 Å². The van der Waals surface area contributed by atoms with Gasteiger partial charge in [-0.2, -0.15) is 0 Å². The zero-order chi connectivity index (χ0) is 31.2. The number of fused-ring (bicyclic) bond motifs is 5. The zero-order valence-corrected chi connectivity index (χ0v) is 28.7. The first-order valence-electron chi connectivity index (χ1n) is 19.1. The summed E-state index contributed by atoms with van der Waals surface area (Å²) in [6, 6.07) is 0. The molecule has 9 rings (SSSR count). The van der Waals surface area contributed by atoms with Crippen molar-refractivity contribution < 1.29 is 28.5 Å². The summed E-state index contributed by atoms with van der Waals surface area (Å²) in [5.74, 6) is 5.58. The van der Waals surface area contributed by atoms with Crippen LogP contribution in [0.25, 0.3) is 0 Å². The van der Waals surface area contributed by atoms with Gasteiger partial charge in [-0.15, -0.1) is 0 Å².